The number of nitrogens with zero attached hydrogens (tertiary/aromatic N) is 4. The number of aryl methyl sites for hydroxylation is 1. The fourth-order valence-electron chi connectivity index (χ4n) is 5.57. The van der Waals surface area contributed by atoms with Gasteiger partial charge in [0.1, 0.15) is 18.2 Å². The van der Waals surface area contributed by atoms with Gasteiger partial charge in [-0.25, -0.2) is 13.4 Å². The zero-order valence-corrected chi connectivity index (χ0v) is 24.9. The molecule has 0 unspecified atom stereocenters. The van der Waals surface area contributed by atoms with Gasteiger partial charge in [0.2, 0.25) is 0 Å². The molecule has 12 heteroatoms. The van der Waals surface area contributed by atoms with E-state index in [2.05, 4.69) is 4.98 Å². The molecule has 5 aromatic rings. The van der Waals surface area contributed by atoms with Crippen molar-refractivity contribution < 1.29 is 27.6 Å². The van der Waals surface area contributed by atoms with E-state index in [0.717, 1.165) is 32.4 Å². The van der Waals surface area contributed by atoms with E-state index in [1.54, 1.807) is 18.2 Å². The molecule has 0 spiro atoms. The number of carbonyl (C=O) groups excluding carboxylic acids is 1. The third-order valence-corrected chi connectivity index (χ3v) is 9.48. The maximum absolute atomic E-state index is 14.3. The highest BCUT2D eigenvalue weighted by atomic mass is 32.2. The number of nitro benzene ring substituents is 1. The van der Waals surface area contributed by atoms with Crippen molar-refractivity contribution in [1.29, 1.82) is 0 Å². The van der Waals surface area contributed by atoms with Crippen LogP contribution in [0.4, 0.5) is 11.4 Å². The Morgan fingerprint density at radius 1 is 1.07 bits per heavy atom. The molecule has 2 heterocycles. The van der Waals surface area contributed by atoms with E-state index >= 15 is 0 Å². The van der Waals surface area contributed by atoms with Gasteiger partial charge in [0.25, 0.3) is 15.7 Å². The van der Waals surface area contributed by atoms with Gasteiger partial charge in [-0.2, -0.15) is 0 Å². The normalized spacial score (nSPS) is 14.2. The third kappa shape index (κ3) is 5.02. The maximum atomic E-state index is 14.3. The lowest BCUT2D eigenvalue weighted by Crippen LogP contribution is -2.31. The van der Waals surface area contributed by atoms with Gasteiger partial charge in [-0.05, 0) is 61.4 Å². The van der Waals surface area contributed by atoms with Crippen molar-refractivity contribution in [3.05, 3.63) is 118 Å². The molecule has 1 aliphatic heterocycles. The monoisotopic (exact) mass is 612 g/mol. The summed E-state index contributed by atoms with van der Waals surface area (Å²) >= 11 is 0. The zero-order chi connectivity index (χ0) is 31.2. The van der Waals surface area contributed by atoms with Crippen LogP contribution in [0.1, 0.15) is 35.5 Å². The summed E-state index contributed by atoms with van der Waals surface area (Å²) in [6.07, 6.45) is -0.621. The summed E-state index contributed by atoms with van der Waals surface area (Å²) in [6, 6.07) is 23.4. The van der Waals surface area contributed by atoms with E-state index in [0.29, 0.717) is 16.9 Å². The number of carbonyl (C=O) groups is 1. The highest BCUT2D eigenvalue weighted by Gasteiger charge is 2.34. The molecular formula is C32H28N4O7S. The number of sulfonamides is 1. The number of hydrogen-bond acceptors (Lipinski definition) is 8. The molecule has 224 valence electrons. The molecule has 1 atom stereocenters. The molecule has 44 heavy (non-hydrogen) atoms. The largest absolute Gasteiger partial charge is 0.489 e. The van der Waals surface area contributed by atoms with E-state index in [9.17, 15) is 23.3 Å². The summed E-state index contributed by atoms with van der Waals surface area (Å²) in [5.41, 5.74) is 4.38. The SMILES string of the molecule is CC(=O)O[C@@H]1COc2cc(N(Cc3cccc(-n4c(C)nc5ccccc54)c3C)S(=O)(=O)c3ccccc3[N+](=O)[O-])ccc21. The van der Waals surface area contributed by atoms with Crippen LogP contribution in [0.15, 0.2) is 89.8 Å². The first-order valence-electron chi connectivity index (χ1n) is 13.8. The second kappa shape index (κ2) is 11.1. The number of benzene rings is 4. The van der Waals surface area contributed by atoms with Crippen molar-refractivity contribution in [3.8, 4) is 11.4 Å². The van der Waals surface area contributed by atoms with E-state index in [1.165, 1.54) is 31.2 Å². The van der Waals surface area contributed by atoms with Crippen LogP contribution in [0.3, 0.4) is 0 Å². The van der Waals surface area contributed by atoms with Crippen molar-refractivity contribution >= 4 is 38.4 Å². The minimum Gasteiger partial charge on any atom is -0.489 e. The van der Waals surface area contributed by atoms with Crippen LogP contribution >= 0.6 is 0 Å². The zero-order valence-electron chi connectivity index (χ0n) is 24.1. The number of nitro groups is 1. The first-order chi connectivity index (χ1) is 21.1. The first kappa shape index (κ1) is 28.9. The fraction of sp³-hybridized carbons (Fsp3) is 0.188. The Kier molecular flexibility index (Phi) is 7.30. The number of hydrogen-bond donors (Lipinski definition) is 0. The summed E-state index contributed by atoms with van der Waals surface area (Å²) in [4.78, 5) is 27.0. The van der Waals surface area contributed by atoms with Gasteiger partial charge in [-0.3, -0.25) is 23.8 Å². The molecule has 0 fully saturated rings. The summed E-state index contributed by atoms with van der Waals surface area (Å²) in [7, 11) is -4.47. The average Bonchev–Trinajstić information content (AvgIpc) is 3.55. The quantitative estimate of drug-likeness (QED) is 0.119. The highest BCUT2D eigenvalue weighted by molar-refractivity contribution is 7.93. The van der Waals surface area contributed by atoms with E-state index in [-0.39, 0.29) is 18.8 Å². The van der Waals surface area contributed by atoms with Crippen molar-refractivity contribution in [2.45, 2.75) is 38.3 Å². The first-order valence-corrected chi connectivity index (χ1v) is 15.2. The summed E-state index contributed by atoms with van der Waals surface area (Å²) < 4.78 is 42.9. The Labute approximate surface area is 253 Å². The van der Waals surface area contributed by atoms with Crippen LogP contribution in [-0.4, -0.2) is 35.5 Å². The molecule has 4 aromatic carbocycles. The molecule has 6 rings (SSSR count). The van der Waals surface area contributed by atoms with Crippen LogP contribution < -0.4 is 9.04 Å². The molecule has 0 saturated carbocycles. The minimum absolute atomic E-state index is 0.0919. The standard InChI is InChI=1S/C32H28N4O7S/c1-20-23(9-8-13-27(20)35-21(2)33-26-10-4-5-11-28(26)35)18-34(44(40,41)32-14-7-6-12-29(32)36(38)39)24-15-16-25-30(17-24)42-19-31(25)43-22(3)37/h4-17,31H,18-19H2,1-3H3/t31-/m1/s1. The van der Waals surface area contributed by atoms with Crippen molar-refractivity contribution in [2.75, 3.05) is 10.9 Å². The number of imidazole rings is 1. The van der Waals surface area contributed by atoms with Gasteiger partial charge in [0.05, 0.1) is 33.9 Å². The predicted octanol–water partition coefficient (Wildman–Crippen LogP) is 5.94. The molecule has 1 aliphatic rings. The number of ether oxygens (including phenoxy) is 2. The third-order valence-electron chi connectivity index (χ3n) is 7.66. The van der Waals surface area contributed by atoms with Crippen LogP contribution in [-0.2, 0) is 26.1 Å². The van der Waals surface area contributed by atoms with Gasteiger partial charge >= 0.3 is 5.97 Å². The topological polar surface area (TPSA) is 134 Å². The van der Waals surface area contributed by atoms with Gasteiger partial charge < -0.3 is 9.47 Å². The van der Waals surface area contributed by atoms with E-state index in [1.807, 2.05) is 60.9 Å². The smallest absolute Gasteiger partial charge is 0.303 e. The van der Waals surface area contributed by atoms with E-state index in [4.69, 9.17) is 9.47 Å². The van der Waals surface area contributed by atoms with Gasteiger partial charge in [0, 0.05) is 24.6 Å². The van der Waals surface area contributed by atoms with Crippen LogP contribution in [0.25, 0.3) is 16.7 Å². The molecule has 0 radical (unpaired) electrons. The van der Waals surface area contributed by atoms with Crippen LogP contribution in [0, 0.1) is 24.0 Å². The number of fused-ring (bicyclic) bond motifs is 2. The summed E-state index contributed by atoms with van der Waals surface area (Å²) in [5, 5.41) is 11.9. The van der Waals surface area contributed by atoms with Crippen LogP contribution in [0.2, 0.25) is 0 Å². The van der Waals surface area contributed by atoms with E-state index < -0.39 is 37.6 Å². The Morgan fingerprint density at radius 2 is 1.82 bits per heavy atom. The number of rotatable bonds is 8. The highest BCUT2D eigenvalue weighted by Crippen LogP contribution is 2.40. The molecule has 0 amide bonds. The summed E-state index contributed by atoms with van der Waals surface area (Å²) in [6.45, 7) is 5.08. The number of para-hydroxylation sites is 3. The van der Waals surface area contributed by atoms with Crippen molar-refractivity contribution in [3.63, 3.8) is 0 Å². The summed E-state index contributed by atoms with van der Waals surface area (Å²) in [5.74, 6) is 0.670. The number of aromatic nitrogens is 2. The Balaban J connectivity index is 1.49. The molecule has 11 nitrogen and oxygen atoms in total. The second-order valence-corrected chi connectivity index (χ2v) is 12.2. The fourth-order valence-corrected chi connectivity index (χ4v) is 7.17. The molecule has 1 aromatic heterocycles. The van der Waals surface area contributed by atoms with Gasteiger partial charge in [0.15, 0.2) is 11.0 Å². The second-order valence-electron chi connectivity index (χ2n) is 10.4. The number of anilines is 1. The Hall–Kier alpha value is -5.23. The Morgan fingerprint density at radius 3 is 2.59 bits per heavy atom. The molecule has 0 aliphatic carbocycles. The molecule has 0 N–H and O–H groups in total. The Bertz CT molecular complexity index is 2060. The van der Waals surface area contributed by atoms with Gasteiger partial charge in [-0.1, -0.05) is 36.4 Å². The van der Waals surface area contributed by atoms with Crippen molar-refractivity contribution in [1.82, 2.24) is 9.55 Å². The lowest BCUT2D eigenvalue weighted by atomic mass is 10.1. The molecule has 0 saturated heterocycles. The lowest BCUT2D eigenvalue weighted by molar-refractivity contribution is -0.387. The van der Waals surface area contributed by atoms with Crippen LogP contribution in [0.5, 0.6) is 5.75 Å². The maximum Gasteiger partial charge on any atom is 0.303 e. The average molecular weight is 613 g/mol. The minimum atomic E-state index is -4.47. The lowest BCUT2D eigenvalue weighted by Gasteiger charge is -2.26. The van der Waals surface area contributed by atoms with Gasteiger partial charge in [-0.15, -0.1) is 0 Å². The predicted molar refractivity (Wildman–Crippen MR) is 163 cm³/mol. The van der Waals surface area contributed by atoms with Crippen molar-refractivity contribution in [2.24, 2.45) is 0 Å². The number of esters is 1. The molecular weight excluding hydrogens is 584 g/mol. The molecule has 0 bridgehead atoms.